The van der Waals surface area contributed by atoms with Crippen LogP contribution in [0.5, 0.6) is 0 Å². The van der Waals surface area contributed by atoms with Gasteiger partial charge in [0, 0.05) is 18.4 Å². The Balaban J connectivity index is 1.29. The fraction of sp³-hybridized carbons (Fsp3) is 0.567. The Morgan fingerprint density at radius 3 is 2.65 bits per heavy atom. The number of ether oxygens (including phenoxy) is 1. The number of methoxy groups -OCH3 is 1. The first-order chi connectivity index (χ1) is 19.1. The molecule has 1 unspecified atom stereocenters. The highest BCUT2D eigenvalue weighted by molar-refractivity contribution is 7.19. The summed E-state index contributed by atoms with van der Waals surface area (Å²) in [6.07, 6.45) is 7.09. The van der Waals surface area contributed by atoms with Gasteiger partial charge in [-0.2, -0.15) is 0 Å². The Morgan fingerprint density at radius 2 is 1.98 bits per heavy atom. The minimum Gasteiger partial charge on any atom is -0.469 e. The van der Waals surface area contributed by atoms with E-state index in [1.54, 1.807) is 12.3 Å². The lowest BCUT2D eigenvalue weighted by molar-refractivity contribution is -0.147. The van der Waals surface area contributed by atoms with Crippen LogP contribution in [0.4, 0.5) is 0 Å². The van der Waals surface area contributed by atoms with E-state index >= 15 is 0 Å². The lowest BCUT2D eigenvalue weighted by Gasteiger charge is -2.34. The number of aromatic nitrogens is 3. The van der Waals surface area contributed by atoms with E-state index in [1.807, 2.05) is 6.07 Å². The summed E-state index contributed by atoms with van der Waals surface area (Å²) in [6.45, 7) is 9.34. The normalized spacial score (nSPS) is 19.3. The number of aryl methyl sites for hydroxylation is 1. The van der Waals surface area contributed by atoms with Gasteiger partial charge in [-0.05, 0) is 86.2 Å². The summed E-state index contributed by atoms with van der Waals surface area (Å²) in [4.78, 5) is 42.4. The maximum absolute atomic E-state index is 13.5. The van der Waals surface area contributed by atoms with Crippen molar-refractivity contribution >= 4 is 45.2 Å². The molecule has 2 atom stereocenters. The zero-order valence-electron chi connectivity index (χ0n) is 23.7. The fourth-order valence-corrected chi connectivity index (χ4v) is 6.81. The van der Waals surface area contributed by atoms with Gasteiger partial charge in [0.05, 0.1) is 19.1 Å². The molecule has 0 aromatic carbocycles. The second kappa shape index (κ2) is 12.1. The number of nitrogens with zero attached hydrogens (tertiary/aromatic N) is 4. The van der Waals surface area contributed by atoms with Crippen LogP contribution in [0.1, 0.15) is 79.1 Å². The second-order valence-electron chi connectivity index (χ2n) is 12.1. The molecule has 1 fully saturated rings. The van der Waals surface area contributed by atoms with Crippen LogP contribution in [0.15, 0.2) is 24.4 Å². The van der Waals surface area contributed by atoms with Crippen molar-refractivity contribution in [1.29, 1.82) is 0 Å². The van der Waals surface area contributed by atoms with Gasteiger partial charge in [0.25, 0.3) is 5.91 Å². The number of rotatable bonds is 7. The van der Waals surface area contributed by atoms with E-state index in [0.29, 0.717) is 22.5 Å². The number of carbonyl (C=O) groups excluding carboxylic acids is 2. The summed E-state index contributed by atoms with van der Waals surface area (Å²) in [6, 6.07) is 5.54. The summed E-state index contributed by atoms with van der Waals surface area (Å²) in [5.41, 5.74) is 4.34. The highest BCUT2D eigenvalue weighted by Gasteiger charge is 2.30. The first kappa shape index (κ1) is 28.9. The quantitative estimate of drug-likeness (QED) is 0.284. The average molecular weight is 584 g/mol. The molecule has 8 nitrogen and oxygen atoms in total. The Kier molecular flexibility index (Phi) is 8.73. The molecule has 1 amide bonds. The molecule has 214 valence electrons. The number of esters is 1. The summed E-state index contributed by atoms with van der Waals surface area (Å²) in [5.74, 6) is 0.241. The van der Waals surface area contributed by atoms with Crippen molar-refractivity contribution in [2.24, 2.45) is 17.3 Å². The molecule has 0 radical (unpaired) electrons. The van der Waals surface area contributed by atoms with Crippen LogP contribution < -0.4 is 5.32 Å². The molecule has 5 rings (SSSR count). The molecule has 0 spiro atoms. The number of amides is 1. The third-order valence-corrected chi connectivity index (χ3v) is 9.67. The van der Waals surface area contributed by atoms with E-state index in [4.69, 9.17) is 26.3 Å². The second-order valence-corrected chi connectivity index (χ2v) is 13.5. The standard InChI is InChI=1S/C30H38ClN5O3S/c1-30(2,3)21-6-7-22-20(15-21)16-24-27(34-22)40-28(35-24)26(37)33-23(19-5-8-25(31)32-17-19)11-14-36-12-9-18(10-13-36)29(38)39-4/h5,8,16-18,21,23H,6-7,9-15H2,1-4H3,(H,33,37)/t21-,23?/m0/s1. The molecule has 2 aliphatic rings. The highest BCUT2D eigenvalue weighted by atomic mass is 35.5. The third kappa shape index (κ3) is 6.64. The zero-order chi connectivity index (χ0) is 28.4. The minimum atomic E-state index is -0.253. The van der Waals surface area contributed by atoms with Crippen molar-refractivity contribution in [3.8, 4) is 0 Å². The fourth-order valence-electron chi connectivity index (χ4n) is 5.85. The summed E-state index contributed by atoms with van der Waals surface area (Å²) < 4.78 is 4.91. The van der Waals surface area contributed by atoms with Crippen molar-refractivity contribution in [2.45, 2.75) is 65.3 Å². The highest BCUT2D eigenvalue weighted by Crippen LogP contribution is 2.38. The first-order valence-corrected chi connectivity index (χ1v) is 15.3. The number of nitrogens with one attached hydrogen (secondary N) is 1. The van der Waals surface area contributed by atoms with Gasteiger partial charge in [-0.1, -0.05) is 49.8 Å². The van der Waals surface area contributed by atoms with Crippen LogP contribution in [0.3, 0.4) is 0 Å². The molecule has 1 N–H and O–H groups in total. The van der Waals surface area contributed by atoms with E-state index in [1.165, 1.54) is 24.0 Å². The number of carbonyl (C=O) groups is 2. The topological polar surface area (TPSA) is 97.3 Å². The van der Waals surface area contributed by atoms with Gasteiger partial charge in [-0.3, -0.25) is 9.59 Å². The van der Waals surface area contributed by atoms with E-state index in [0.717, 1.165) is 73.3 Å². The maximum atomic E-state index is 13.5. The number of hydrogen-bond acceptors (Lipinski definition) is 8. The SMILES string of the molecule is COC(=O)C1CCN(CCC(NC(=O)c2nc3cc4c(nc3s2)CC[C@H](C(C)(C)C)C4)c2ccc(Cl)nc2)CC1. The Bertz CT molecular complexity index is 1360. The number of hydrogen-bond donors (Lipinski definition) is 1. The largest absolute Gasteiger partial charge is 0.469 e. The molecule has 4 heterocycles. The van der Waals surface area contributed by atoms with Crippen molar-refractivity contribution in [2.75, 3.05) is 26.7 Å². The number of likely N-dealkylation sites (tertiary alicyclic amines) is 1. The van der Waals surface area contributed by atoms with Gasteiger partial charge in [-0.15, -0.1) is 0 Å². The molecular formula is C30H38ClN5O3S. The van der Waals surface area contributed by atoms with Crippen LogP contribution >= 0.6 is 22.9 Å². The van der Waals surface area contributed by atoms with Crippen LogP contribution in [-0.4, -0.2) is 58.5 Å². The van der Waals surface area contributed by atoms with E-state index in [9.17, 15) is 9.59 Å². The van der Waals surface area contributed by atoms with E-state index < -0.39 is 0 Å². The smallest absolute Gasteiger partial charge is 0.308 e. The summed E-state index contributed by atoms with van der Waals surface area (Å²) in [5, 5.41) is 4.03. The molecular weight excluding hydrogens is 546 g/mol. The Labute approximate surface area is 244 Å². The number of thiazole rings is 1. The lowest BCUT2D eigenvalue weighted by atomic mass is 9.71. The summed E-state index contributed by atoms with van der Waals surface area (Å²) >= 11 is 7.39. The predicted molar refractivity (Wildman–Crippen MR) is 158 cm³/mol. The molecule has 1 aliphatic heterocycles. The number of halogens is 1. The average Bonchev–Trinajstić information content (AvgIpc) is 3.36. The number of pyridine rings is 2. The van der Waals surface area contributed by atoms with Gasteiger partial charge in [0.15, 0.2) is 5.01 Å². The molecule has 3 aromatic rings. The van der Waals surface area contributed by atoms with Crippen molar-refractivity contribution in [3.63, 3.8) is 0 Å². The van der Waals surface area contributed by atoms with Crippen molar-refractivity contribution in [3.05, 3.63) is 51.4 Å². The Morgan fingerprint density at radius 1 is 1.20 bits per heavy atom. The number of fused-ring (bicyclic) bond motifs is 2. The molecule has 0 saturated carbocycles. The summed E-state index contributed by atoms with van der Waals surface area (Å²) in [7, 11) is 1.44. The molecule has 3 aromatic heterocycles. The van der Waals surface area contributed by atoms with Crippen LogP contribution in [-0.2, 0) is 22.4 Å². The number of piperidine rings is 1. The maximum Gasteiger partial charge on any atom is 0.308 e. The van der Waals surface area contributed by atoms with Gasteiger partial charge < -0.3 is 15.0 Å². The van der Waals surface area contributed by atoms with Crippen molar-refractivity contribution < 1.29 is 14.3 Å². The van der Waals surface area contributed by atoms with E-state index in [2.05, 4.69) is 42.0 Å². The van der Waals surface area contributed by atoms with Crippen LogP contribution in [0.2, 0.25) is 5.15 Å². The molecule has 1 saturated heterocycles. The Hall–Kier alpha value is -2.62. The van der Waals surface area contributed by atoms with Gasteiger partial charge in [-0.25, -0.2) is 15.0 Å². The van der Waals surface area contributed by atoms with Crippen LogP contribution in [0, 0.1) is 17.3 Å². The van der Waals surface area contributed by atoms with Crippen LogP contribution in [0.25, 0.3) is 10.3 Å². The monoisotopic (exact) mass is 583 g/mol. The predicted octanol–water partition coefficient (Wildman–Crippen LogP) is 5.64. The first-order valence-electron chi connectivity index (χ1n) is 14.1. The van der Waals surface area contributed by atoms with Gasteiger partial charge in [0.2, 0.25) is 0 Å². The molecule has 10 heteroatoms. The third-order valence-electron chi connectivity index (χ3n) is 8.48. The molecule has 0 bridgehead atoms. The molecule has 40 heavy (non-hydrogen) atoms. The lowest BCUT2D eigenvalue weighted by Crippen LogP contribution is -2.39. The molecule has 1 aliphatic carbocycles. The zero-order valence-corrected chi connectivity index (χ0v) is 25.3. The minimum absolute atomic E-state index is 0.0325. The van der Waals surface area contributed by atoms with Gasteiger partial charge in [0.1, 0.15) is 15.5 Å². The van der Waals surface area contributed by atoms with Gasteiger partial charge >= 0.3 is 5.97 Å². The van der Waals surface area contributed by atoms with Crippen molar-refractivity contribution in [1.82, 2.24) is 25.2 Å². The van der Waals surface area contributed by atoms with E-state index in [-0.39, 0.29) is 29.3 Å².